The summed E-state index contributed by atoms with van der Waals surface area (Å²) in [5, 5.41) is 5.26. The third kappa shape index (κ3) is 4.19. The largest absolute Gasteiger partial charge is 0.368 e. The third-order valence-corrected chi connectivity index (χ3v) is 5.23. The molecule has 0 spiro atoms. The summed E-state index contributed by atoms with van der Waals surface area (Å²) in [6.07, 6.45) is -0.210. The number of ether oxygens (including phenoxy) is 1. The molecule has 0 aromatic heterocycles. The normalized spacial score (nSPS) is 24.5. The van der Waals surface area contributed by atoms with Crippen molar-refractivity contribution in [1.82, 2.24) is 10.2 Å². The summed E-state index contributed by atoms with van der Waals surface area (Å²) < 4.78 is 5.82. The average Bonchev–Trinajstić information content (AvgIpc) is 2.96. The van der Waals surface area contributed by atoms with E-state index < -0.39 is 0 Å². The fraction of sp³-hybridized carbons (Fsp3) is 0.467. The molecule has 124 valence electrons. The van der Waals surface area contributed by atoms with E-state index in [4.69, 9.17) is 32.9 Å². The fourth-order valence-corrected chi connectivity index (χ4v) is 3.81. The second-order valence-electron chi connectivity index (χ2n) is 5.27. The first-order valence-electron chi connectivity index (χ1n) is 7.42. The molecule has 0 bridgehead atoms. The number of halogens is 2. The predicted molar refractivity (Wildman–Crippen MR) is 98.7 cm³/mol. The zero-order valence-electron chi connectivity index (χ0n) is 12.8. The summed E-state index contributed by atoms with van der Waals surface area (Å²) in [4.78, 5) is 11.5. The number of benzene rings is 1. The topological polar surface area (TPSA) is 49.2 Å². The molecule has 8 heteroatoms. The van der Waals surface area contributed by atoms with E-state index in [1.807, 2.05) is 7.05 Å². The molecule has 2 aliphatic heterocycles. The number of hydrogen-bond acceptors (Lipinski definition) is 4. The molecule has 0 aliphatic carbocycles. The minimum atomic E-state index is -0.210. The van der Waals surface area contributed by atoms with E-state index in [1.165, 1.54) is 0 Å². The lowest BCUT2D eigenvalue weighted by Crippen LogP contribution is -2.43. The number of amidine groups is 2. The van der Waals surface area contributed by atoms with Crippen molar-refractivity contribution in [3.05, 3.63) is 28.2 Å². The van der Waals surface area contributed by atoms with Crippen LogP contribution >= 0.6 is 35.0 Å². The number of hydrogen-bond donors (Lipinski definition) is 1. The molecule has 1 N–H and O–H groups in total. The highest BCUT2D eigenvalue weighted by Crippen LogP contribution is 2.33. The van der Waals surface area contributed by atoms with Crippen molar-refractivity contribution < 1.29 is 4.74 Å². The summed E-state index contributed by atoms with van der Waals surface area (Å²) in [7, 11) is 2.03. The molecule has 3 rings (SSSR count). The average molecular weight is 373 g/mol. The second-order valence-corrected chi connectivity index (χ2v) is 7.14. The van der Waals surface area contributed by atoms with Crippen molar-refractivity contribution in [3.63, 3.8) is 0 Å². The van der Waals surface area contributed by atoms with Crippen LogP contribution in [-0.2, 0) is 4.74 Å². The molecule has 1 atom stereocenters. The van der Waals surface area contributed by atoms with E-state index in [0.717, 1.165) is 24.0 Å². The number of morpholine rings is 1. The maximum Gasteiger partial charge on any atom is 0.165 e. The third-order valence-electron chi connectivity index (χ3n) is 3.57. The molecule has 2 fully saturated rings. The molecular weight excluding hydrogens is 355 g/mol. The van der Waals surface area contributed by atoms with Crippen LogP contribution in [0.2, 0.25) is 10.0 Å². The molecular formula is C15H18Cl2N4OS. The standard InChI is InChI=1S/C15H18Cl2N4OS/c1-21-6-8-23-15(21)20-14(12-9-18-5-7-22-12)19-13-10(16)3-2-4-11(13)17/h2-4,12,18H,5-9H2,1H3. The predicted octanol–water partition coefficient (Wildman–Crippen LogP) is 3.05. The van der Waals surface area contributed by atoms with E-state index in [-0.39, 0.29) is 6.10 Å². The first-order chi connectivity index (χ1) is 11.1. The molecule has 2 aliphatic rings. The molecule has 1 aromatic carbocycles. The van der Waals surface area contributed by atoms with Gasteiger partial charge in [-0.1, -0.05) is 41.0 Å². The number of rotatable bonds is 2. The zero-order valence-corrected chi connectivity index (χ0v) is 15.1. The van der Waals surface area contributed by atoms with E-state index >= 15 is 0 Å². The molecule has 0 amide bonds. The number of nitrogens with one attached hydrogen (secondary N) is 1. The highest BCUT2D eigenvalue weighted by Gasteiger charge is 2.24. The van der Waals surface area contributed by atoms with Gasteiger partial charge in [0.15, 0.2) is 11.0 Å². The molecule has 2 heterocycles. The Morgan fingerprint density at radius 1 is 1.39 bits per heavy atom. The summed E-state index contributed by atoms with van der Waals surface area (Å²) in [5.74, 6) is 1.63. The number of thioether (sulfide) groups is 1. The first-order valence-corrected chi connectivity index (χ1v) is 9.17. The number of aliphatic imine (C=N–C) groups is 2. The molecule has 2 saturated heterocycles. The monoisotopic (exact) mass is 372 g/mol. The van der Waals surface area contributed by atoms with Crippen LogP contribution in [0.15, 0.2) is 28.2 Å². The van der Waals surface area contributed by atoms with Crippen LogP contribution in [0.3, 0.4) is 0 Å². The van der Waals surface area contributed by atoms with Crippen molar-refractivity contribution in [2.75, 3.05) is 39.0 Å². The van der Waals surface area contributed by atoms with Crippen LogP contribution < -0.4 is 5.32 Å². The van der Waals surface area contributed by atoms with Gasteiger partial charge in [-0.05, 0) is 12.1 Å². The van der Waals surface area contributed by atoms with E-state index in [1.54, 1.807) is 30.0 Å². The molecule has 5 nitrogen and oxygen atoms in total. The number of nitrogens with zero attached hydrogens (tertiary/aromatic N) is 3. The van der Waals surface area contributed by atoms with Crippen molar-refractivity contribution in [2.24, 2.45) is 9.98 Å². The van der Waals surface area contributed by atoms with Gasteiger partial charge in [0, 0.05) is 32.4 Å². The minimum Gasteiger partial charge on any atom is -0.368 e. The van der Waals surface area contributed by atoms with Crippen molar-refractivity contribution in [3.8, 4) is 0 Å². The van der Waals surface area contributed by atoms with E-state index in [2.05, 4.69) is 15.2 Å². The van der Waals surface area contributed by atoms with Gasteiger partial charge in [0.25, 0.3) is 0 Å². The summed E-state index contributed by atoms with van der Waals surface area (Å²) in [5.41, 5.74) is 0.537. The second kappa shape index (κ2) is 7.85. The number of para-hydroxylation sites is 1. The lowest BCUT2D eigenvalue weighted by Gasteiger charge is -2.24. The molecule has 0 saturated carbocycles. The van der Waals surface area contributed by atoms with Crippen LogP contribution in [0.5, 0.6) is 0 Å². The van der Waals surface area contributed by atoms with Crippen LogP contribution in [0.25, 0.3) is 0 Å². The lowest BCUT2D eigenvalue weighted by molar-refractivity contribution is 0.0705. The zero-order chi connectivity index (χ0) is 16.2. The van der Waals surface area contributed by atoms with Crippen LogP contribution in [0, 0.1) is 0 Å². The molecule has 0 radical (unpaired) electrons. The van der Waals surface area contributed by atoms with Gasteiger partial charge in [0.1, 0.15) is 11.8 Å². The lowest BCUT2D eigenvalue weighted by atomic mass is 10.2. The highest BCUT2D eigenvalue weighted by molar-refractivity contribution is 8.14. The Morgan fingerprint density at radius 2 is 2.17 bits per heavy atom. The van der Waals surface area contributed by atoms with Gasteiger partial charge in [0.05, 0.1) is 16.7 Å². The van der Waals surface area contributed by atoms with Crippen LogP contribution in [0.1, 0.15) is 0 Å². The summed E-state index contributed by atoms with van der Waals surface area (Å²) in [6, 6.07) is 5.34. The molecule has 23 heavy (non-hydrogen) atoms. The van der Waals surface area contributed by atoms with Crippen LogP contribution in [-0.4, -0.2) is 61.0 Å². The molecule has 1 aromatic rings. The molecule has 1 unspecified atom stereocenters. The highest BCUT2D eigenvalue weighted by atomic mass is 35.5. The maximum atomic E-state index is 6.25. The van der Waals surface area contributed by atoms with Crippen molar-refractivity contribution >= 4 is 51.7 Å². The maximum absolute atomic E-state index is 6.25. The van der Waals surface area contributed by atoms with Gasteiger partial charge < -0.3 is 15.0 Å². The Balaban J connectivity index is 1.98. The van der Waals surface area contributed by atoms with Crippen molar-refractivity contribution in [1.29, 1.82) is 0 Å². The quantitative estimate of drug-likeness (QED) is 0.640. The van der Waals surface area contributed by atoms with Gasteiger partial charge in [-0.25, -0.2) is 9.98 Å². The van der Waals surface area contributed by atoms with Crippen molar-refractivity contribution in [2.45, 2.75) is 6.10 Å². The van der Waals surface area contributed by atoms with Crippen LogP contribution in [0.4, 0.5) is 5.69 Å². The summed E-state index contributed by atoms with van der Waals surface area (Å²) >= 11 is 14.2. The van der Waals surface area contributed by atoms with Gasteiger partial charge in [-0.2, -0.15) is 0 Å². The van der Waals surface area contributed by atoms with E-state index in [0.29, 0.717) is 34.7 Å². The Bertz CT molecular complexity index is 612. The SMILES string of the molecule is CN1CCSC1=NC(=Nc1c(Cl)cccc1Cl)C1CNCCO1. The van der Waals surface area contributed by atoms with Gasteiger partial charge in [-0.3, -0.25) is 0 Å². The van der Waals surface area contributed by atoms with Gasteiger partial charge in [0.2, 0.25) is 0 Å². The van der Waals surface area contributed by atoms with E-state index in [9.17, 15) is 0 Å². The summed E-state index contributed by atoms with van der Waals surface area (Å²) in [6.45, 7) is 3.12. The van der Waals surface area contributed by atoms with Gasteiger partial charge >= 0.3 is 0 Å². The Hall–Kier alpha value is -0.790. The first kappa shape index (κ1) is 17.0. The Morgan fingerprint density at radius 3 is 2.78 bits per heavy atom. The van der Waals surface area contributed by atoms with Gasteiger partial charge in [-0.15, -0.1) is 0 Å². The Kier molecular flexibility index (Phi) is 5.82. The smallest absolute Gasteiger partial charge is 0.165 e. The fourth-order valence-electron chi connectivity index (χ4n) is 2.31. The Labute approximate surface area is 150 Å². The minimum absolute atomic E-state index is 0.210.